The van der Waals surface area contributed by atoms with Crippen LogP contribution in [0.4, 0.5) is 0 Å². The molecule has 0 aliphatic rings. The summed E-state index contributed by atoms with van der Waals surface area (Å²) in [7, 11) is 0. The van der Waals surface area contributed by atoms with Gasteiger partial charge >= 0.3 is 0 Å². The molecule has 0 atom stereocenters. The van der Waals surface area contributed by atoms with Crippen molar-refractivity contribution in [2.45, 2.75) is 6.61 Å². The minimum atomic E-state index is 0.159. The predicted molar refractivity (Wildman–Crippen MR) is 70.3 cm³/mol. The third kappa shape index (κ3) is 2.47. The second kappa shape index (κ2) is 4.57. The Kier molecular flexibility index (Phi) is 2.76. The minimum Gasteiger partial charge on any atom is -0.508 e. The lowest BCUT2D eigenvalue weighted by molar-refractivity contribution is 0.273. The van der Waals surface area contributed by atoms with Gasteiger partial charge < -0.3 is 19.4 Å². The van der Waals surface area contributed by atoms with Crippen LogP contribution in [-0.4, -0.2) is 10.2 Å². The molecule has 0 aliphatic carbocycles. The Morgan fingerprint density at radius 3 is 2.63 bits per heavy atom. The first kappa shape index (κ1) is 11.5. The number of fused-ring (bicyclic) bond motifs is 1. The fourth-order valence-corrected chi connectivity index (χ4v) is 1.88. The van der Waals surface area contributed by atoms with Crippen LogP contribution in [0.1, 0.15) is 5.76 Å². The van der Waals surface area contributed by atoms with Crippen LogP contribution in [0.15, 0.2) is 52.9 Å². The first-order valence-electron chi connectivity index (χ1n) is 5.84. The lowest BCUT2D eigenvalue weighted by Crippen LogP contribution is -1.92. The van der Waals surface area contributed by atoms with E-state index in [0.29, 0.717) is 17.1 Å². The van der Waals surface area contributed by atoms with Gasteiger partial charge in [0.1, 0.15) is 35.2 Å². The van der Waals surface area contributed by atoms with E-state index >= 15 is 0 Å². The zero-order valence-electron chi connectivity index (χ0n) is 10.0. The van der Waals surface area contributed by atoms with Crippen molar-refractivity contribution in [3.05, 3.63) is 54.3 Å². The van der Waals surface area contributed by atoms with Gasteiger partial charge in [0.15, 0.2) is 0 Å². The number of benzene rings is 2. The zero-order valence-corrected chi connectivity index (χ0v) is 10.0. The van der Waals surface area contributed by atoms with Crippen molar-refractivity contribution in [3.8, 4) is 17.2 Å². The number of furan rings is 1. The van der Waals surface area contributed by atoms with Gasteiger partial charge in [-0.2, -0.15) is 0 Å². The van der Waals surface area contributed by atoms with E-state index in [9.17, 15) is 10.2 Å². The molecule has 96 valence electrons. The molecule has 0 saturated heterocycles. The maximum Gasteiger partial charge on any atom is 0.146 e. The summed E-state index contributed by atoms with van der Waals surface area (Å²) in [6, 6.07) is 13.3. The Morgan fingerprint density at radius 2 is 1.79 bits per heavy atom. The van der Waals surface area contributed by atoms with Gasteiger partial charge in [0.05, 0.1) is 0 Å². The van der Waals surface area contributed by atoms with Gasteiger partial charge in [-0.25, -0.2) is 0 Å². The van der Waals surface area contributed by atoms with E-state index in [1.54, 1.807) is 36.4 Å². The van der Waals surface area contributed by atoms with Crippen molar-refractivity contribution < 1.29 is 19.4 Å². The summed E-state index contributed by atoms with van der Waals surface area (Å²) < 4.78 is 11.1. The largest absolute Gasteiger partial charge is 0.508 e. The number of hydrogen-bond acceptors (Lipinski definition) is 4. The fraction of sp³-hybridized carbons (Fsp3) is 0.0667. The van der Waals surface area contributed by atoms with Gasteiger partial charge in [-0.05, 0) is 36.4 Å². The molecule has 2 aromatic carbocycles. The Hall–Kier alpha value is -2.62. The van der Waals surface area contributed by atoms with E-state index < -0.39 is 0 Å². The molecule has 1 heterocycles. The van der Waals surface area contributed by atoms with E-state index in [1.165, 1.54) is 6.07 Å². The Bertz CT molecular complexity index is 715. The van der Waals surface area contributed by atoms with Crippen molar-refractivity contribution in [2.75, 3.05) is 0 Å². The number of aromatic hydroxyl groups is 2. The number of phenols is 2. The molecule has 0 unspecified atom stereocenters. The minimum absolute atomic E-state index is 0.159. The smallest absolute Gasteiger partial charge is 0.146 e. The quantitative estimate of drug-likeness (QED) is 0.753. The predicted octanol–water partition coefficient (Wildman–Crippen LogP) is 3.42. The van der Waals surface area contributed by atoms with Crippen LogP contribution in [-0.2, 0) is 6.61 Å². The summed E-state index contributed by atoms with van der Waals surface area (Å²) in [6.07, 6.45) is 0. The molecule has 0 spiro atoms. The van der Waals surface area contributed by atoms with Crippen molar-refractivity contribution in [3.63, 3.8) is 0 Å². The van der Waals surface area contributed by atoms with E-state index in [0.717, 1.165) is 5.39 Å². The third-order valence-corrected chi connectivity index (χ3v) is 2.75. The summed E-state index contributed by atoms with van der Waals surface area (Å²) in [6.45, 7) is 0.263. The first-order chi connectivity index (χ1) is 9.20. The average Bonchev–Trinajstić information content (AvgIpc) is 2.78. The van der Waals surface area contributed by atoms with Crippen LogP contribution in [0, 0.1) is 0 Å². The molecule has 0 saturated carbocycles. The molecule has 3 rings (SSSR count). The van der Waals surface area contributed by atoms with Crippen molar-refractivity contribution in [1.29, 1.82) is 0 Å². The molecule has 0 amide bonds. The summed E-state index contributed by atoms with van der Waals surface area (Å²) in [4.78, 5) is 0. The first-order valence-corrected chi connectivity index (χ1v) is 5.84. The molecular weight excluding hydrogens is 244 g/mol. The van der Waals surface area contributed by atoms with Crippen LogP contribution in [0.2, 0.25) is 0 Å². The maximum absolute atomic E-state index is 9.38. The second-order valence-corrected chi connectivity index (χ2v) is 4.22. The van der Waals surface area contributed by atoms with Crippen LogP contribution in [0.3, 0.4) is 0 Å². The molecule has 19 heavy (non-hydrogen) atoms. The van der Waals surface area contributed by atoms with Gasteiger partial charge in [0, 0.05) is 11.5 Å². The normalized spacial score (nSPS) is 10.7. The lowest BCUT2D eigenvalue weighted by Gasteiger charge is -2.03. The highest BCUT2D eigenvalue weighted by Gasteiger charge is 2.05. The van der Waals surface area contributed by atoms with Crippen LogP contribution in [0.5, 0.6) is 17.2 Å². The highest BCUT2D eigenvalue weighted by molar-refractivity contribution is 5.79. The molecule has 0 aliphatic heterocycles. The summed E-state index contributed by atoms with van der Waals surface area (Å²) in [5.41, 5.74) is 0.701. The number of hydrogen-bond donors (Lipinski definition) is 2. The number of ether oxygens (including phenoxy) is 1. The van der Waals surface area contributed by atoms with Crippen LogP contribution in [0.25, 0.3) is 11.0 Å². The number of rotatable bonds is 3. The molecule has 0 radical (unpaired) electrons. The average molecular weight is 256 g/mol. The van der Waals surface area contributed by atoms with Gasteiger partial charge in [0.2, 0.25) is 0 Å². The summed E-state index contributed by atoms with van der Waals surface area (Å²) >= 11 is 0. The van der Waals surface area contributed by atoms with Crippen molar-refractivity contribution in [1.82, 2.24) is 0 Å². The SMILES string of the molecule is Oc1cccc(OCc2cc3cc(O)ccc3o2)c1. The Balaban J connectivity index is 1.78. The highest BCUT2D eigenvalue weighted by Crippen LogP contribution is 2.25. The topological polar surface area (TPSA) is 62.8 Å². The standard InChI is InChI=1S/C15H12O4/c16-11-2-1-3-13(8-11)18-9-14-7-10-6-12(17)4-5-15(10)19-14/h1-8,16-17H,9H2. The van der Waals surface area contributed by atoms with Crippen LogP contribution >= 0.6 is 0 Å². The maximum atomic E-state index is 9.38. The van der Waals surface area contributed by atoms with Gasteiger partial charge in [-0.3, -0.25) is 0 Å². The molecule has 1 aromatic heterocycles. The third-order valence-electron chi connectivity index (χ3n) is 2.75. The van der Waals surface area contributed by atoms with E-state index in [4.69, 9.17) is 9.15 Å². The van der Waals surface area contributed by atoms with E-state index in [2.05, 4.69) is 0 Å². The van der Waals surface area contributed by atoms with Gasteiger partial charge in [0.25, 0.3) is 0 Å². The summed E-state index contributed by atoms with van der Waals surface area (Å²) in [5, 5.41) is 19.5. The molecular formula is C15H12O4. The molecule has 4 heteroatoms. The Morgan fingerprint density at radius 1 is 0.947 bits per heavy atom. The Labute approximate surface area is 109 Å². The monoisotopic (exact) mass is 256 g/mol. The van der Waals surface area contributed by atoms with Gasteiger partial charge in [-0.1, -0.05) is 6.07 Å². The van der Waals surface area contributed by atoms with Crippen LogP contribution < -0.4 is 4.74 Å². The second-order valence-electron chi connectivity index (χ2n) is 4.22. The van der Waals surface area contributed by atoms with Gasteiger partial charge in [-0.15, -0.1) is 0 Å². The van der Waals surface area contributed by atoms with E-state index in [1.807, 2.05) is 6.07 Å². The molecule has 3 aromatic rings. The lowest BCUT2D eigenvalue weighted by atomic mass is 10.2. The van der Waals surface area contributed by atoms with Crippen molar-refractivity contribution in [2.24, 2.45) is 0 Å². The van der Waals surface area contributed by atoms with E-state index in [-0.39, 0.29) is 18.1 Å². The highest BCUT2D eigenvalue weighted by atomic mass is 16.5. The molecule has 2 N–H and O–H groups in total. The molecule has 4 nitrogen and oxygen atoms in total. The zero-order chi connectivity index (χ0) is 13.2. The molecule has 0 fully saturated rings. The fourth-order valence-electron chi connectivity index (χ4n) is 1.88. The molecule has 0 bridgehead atoms. The number of phenolic OH excluding ortho intramolecular Hbond substituents is 2. The van der Waals surface area contributed by atoms with Crippen molar-refractivity contribution >= 4 is 11.0 Å². The summed E-state index contributed by atoms with van der Waals surface area (Å²) in [5.74, 6) is 1.59.